The Morgan fingerprint density at radius 2 is 0.730 bits per heavy atom. The van der Waals surface area contributed by atoms with Gasteiger partial charge in [0.25, 0.3) is 0 Å². The van der Waals surface area contributed by atoms with Gasteiger partial charge in [0.1, 0.15) is 0 Å². The molecule has 0 amide bonds. The third kappa shape index (κ3) is 9.38. The predicted octanol–water partition coefficient (Wildman–Crippen LogP) is 18.2. The van der Waals surface area contributed by atoms with Crippen LogP contribution in [-0.4, -0.2) is 0 Å². The maximum absolute atomic E-state index is 6.91. The highest BCUT2D eigenvalue weighted by atomic mass is 35.5. The first-order chi connectivity index (χ1) is 30.1. The van der Waals surface area contributed by atoms with E-state index in [1.165, 1.54) is 27.8 Å². The third-order valence-corrected chi connectivity index (χ3v) is 12.2. The van der Waals surface area contributed by atoms with E-state index in [1.807, 2.05) is 6.07 Å². The molecule has 0 bridgehead atoms. The molecular weight excluding hydrogens is 784 g/mol. The molecular formula is C60H59ClN2. The minimum absolute atomic E-state index is 0.0477. The number of hydrogen-bond acceptors (Lipinski definition) is 2. The van der Waals surface area contributed by atoms with Crippen molar-refractivity contribution in [1.82, 2.24) is 0 Å². The number of para-hydroxylation sites is 1. The Labute approximate surface area is 381 Å². The van der Waals surface area contributed by atoms with Crippen LogP contribution >= 0.6 is 11.6 Å². The van der Waals surface area contributed by atoms with Gasteiger partial charge in [0, 0.05) is 44.5 Å². The summed E-state index contributed by atoms with van der Waals surface area (Å²) in [6, 6.07) is 70.6. The smallest absolute Gasteiger partial charge is 0.0618 e. The van der Waals surface area contributed by atoms with E-state index >= 15 is 0 Å². The summed E-state index contributed by atoms with van der Waals surface area (Å²) < 4.78 is 0. The normalized spacial score (nSPS) is 12.0. The molecule has 0 heterocycles. The van der Waals surface area contributed by atoms with Gasteiger partial charge in [-0.2, -0.15) is 0 Å². The molecule has 0 spiro atoms. The van der Waals surface area contributed by atoms with Gasteiger partial charge in [-0.05, 0) is 122 Å². The Kier molecular flexibility index (Phi) is 12.0. The SMILES string of the molecule is CC(C)(C)c1cc(N(c2cccc(Cl)c2)c2ccc(C(C)(C)C)cc2-c2ccccc2)cc(N(c2ccccc2)c2c(-c3ccccc3)cc(C(C)(C)C)cc2-c2ccccc2)c1. The minimum atomic E-state index is -0.202. The van der Waals surface area contributed by atoms with E-state index in [0.29, 0.717) is 5.02 Å². The van der Waals surface area contributed by atoms with Crippen LogP contribution in [0.2, 0.25) is 5.02 Å². The number of rotatable bonds is 9. The molecule has 0 radical (unpaired) electrons. The van der Waals surface area contributed by atoms with E-state index in [1.54, 1.807) is 0 Å². The van der Waals surface area contributed by atoms with Gasteiger partial charge in [0.05, 0.1) is 11.4 Å². The highest BCUT2D eigenvalue weighted by Gasteiger charge is 2.29. The topological polar surface area (TPSA) is 6.48 Å². The van der Waals surface area contributed by atoms with Crippen molar-refractivity contribution in [1.29, 1.82) is 0 Å². The van der Waals surface area contributed by atoms with Crippen LogP contribution in [0.15, 0.2) is 194 Å². The van der Waals surface area contributed by atoms with Crippen molar-refractivity contribution < 1.29 is 0 Å². The molecule has 0 aliphatic carbocycles. The molecule has 3 heteroatoms. The summed E-state index contributed by atoms with van der Waals surface area (Å²) in [6.45, 7) is 20.7. The van der Waals surface area contributed by atoms with Crippen LogP contribution in [0.3, 0.4) is 0 Å². The molecule has 2 nitrogen and oxygen atoms in total. The zero-order chi connectivity index (χ0) is 44.5. The van der Waals surface area contributed by atoms with Crippen LogP contribution < -0.4 is 9.80 Å². The van der Waals surface area contributed by atoms with Crippen molar-refractivity contribution in [3.05, 3.63) is 216 Å². The van der Waals surface area contributed by atoms with E-state index in [4.69, 9.17) is 11.6 Å². The van der Waals surface area contributed by atoms with Gasteiger partial charge in [0.2, 0.25) is 0 Å². The molecule has 63 heavy (non-hydrogen) atoms. The van der Waals surface area contributed by atoms with Crippen LogP contribution in [0.4, 0.5) is 34.1 Å². The number of hydrogen-bond donors (Lipinski definition) is 0. The third-order valence-electron chi connectivity index (χ3n) is 11.9. The van der Waals surface area contributed by atoms with Crippen LogP contribution in [0, 0.1) is 0 Å². The lowest BCUT2D eigenvalue weighted by atomic mass is 9.81. The minimum Gasteiger partial charge on any atom is -0.310 e. The fourth-order valence-corrected chi connectivity index (χ4v) is 8.53. The Balaban J connectivity index is 1.50. The zero-order valence-corrected chi connectivity index (χ0v) is 39.0. The summed E-state index contributed by atoms with van der Waals surface area (Å²) in [4.78, 5) is 4.90. The summed E-state index contributed by atoms with van der Waals surface area (Å²) in [5.41, 5.74) is 16.7. The second-order valence-electron chi connectivity index (χ2n) is 19.7. The second-order valence-corrected chi connectivity index (χ2v) is 20.2. The van der Waals surface area contributed by atoms with E-state index in [9.17, 15) is 0 Å². The quantitative estimate of drug-likeness (QED) is 0.143. The monoisotopic (exact) mass is 842 g/mol. The van der Waals surface area contributed by atoms with E-state index in [2.05, 4.69) is 260 Å². The van der Waals surface area contributed by atoms with Crippen LogP contribution in [-0.2, 0) is 16.2 Å². The number of halogens is 1. The molecule has 0 aliphatic heterocycles. The molecule has 0 aromatic heterocycles. The average molecular weight is 844 g/mol. The van der Waals surface area contributed by atoms with Gasteiger partial charge < -0.3 is 9.80 Å². The Hall–Kier alpha value is -6.35. The summed E-state index contributed by atoms with van der Waals surface area (Å²) >= 11 is 6.91. The number of nitrogens with zero attached hydrogens (tertiary/aromatic N) is 2. The fraction of sp³-hybridized carbons (Fsp3) is 0.200. The molecule has 0 N–H and O–H groups in total. The van der Waals surface area contributed by atoms with Gasteiger partial charge in [-0.1, -0.05) is 195 Å². The molecule has 0 aliphatic rings. The second kappa shape index (κ2) is 17.4. The molecule has 0 saturated carbocycles. The van der Waals surface area contributed by atoms with Crippen LogP contribution in [0.1, 0.15) is 79.0 Å². The zero-order valence-electron chi connectivity index (χ0n) is 38.2. The van der Waals surface area contributed by atoms with Crippen molar-refractivity contribution in [2.45, 2.75) is 78.6 Å². The molecule has 8 aromatic carbocycles. The van der Waals surface area contributed by atoms with E-state index < -0.39 is 0 Å². The first-order valence-electron chi connectivity index (χ1n) is 22.1. The predicted molar refractivity (Wildman–Crippen MR) is 273 cm³/mol. The van der Waals surface area contributed by atoms with Gasteiger partial charge in [-0.25, -0.2) is 0 Å². The van der Waals surface area contributed by atoms with Gasteiger partial charge >= 0.3 is 0 Å². The van der Waals surface area contributed by atoms with Crippen molar-refractivity contribution >= 4 is 45.7 Å². The van der Waals surface area contributed by atoms with Crippen molar-refractivity contribution in [2.75, 3.05) is 9.80 Å². The number of benzene rings is 8. The summed E-state index contributed by atoms with van der Waals surface area (Å²) in [5, 5.41) is 0.683. The van der Waals surface area contributed by atoms with E-state index in [-0.39, 0.29) is 16.2 Å². The number of anilines is 6. The first-order valence-corrected chi connectivity index (χ1v) is 22.5. The molecule has 8 rings (SSSR count). The largest absolute Gasteiger partial charge is 0.310 e. The average Bonchev–Trinajstić information content (AvgIpc) is 3.27. The van der Waals surface area contributed by atoms with Gasteiger partial charge in [-0.3, -0.25) is 0 Å². The van der Waals surface area contributed by atoms with Crippen molar-refractivity contribution in [3.8, 4) is 33.4 Å². The molecule has 316 valence electrons. The van der Waals surface area contributed by atoms with Crippen LogP contribution in [0.25, 0.3) is 33.4 Å². The molecule has 0 fully saturated rings. The lowest BCUT2D eigenvalue weighted by Gasteiger charge is -2.35. The maximum atomic E-state index is 6.91. The standard InChI is InChI=1S/C60H59ClN2/c1-58(2,3)45-33-34-56(53(37-45)42-23-14-10-15-24-42)62(50-32-22-29-48(61)40-50)51-35-46(59(4,5)6)36-52(41-51)63(49-30-20-13-21-31-49)57-54(43-25-16-11-17-26-43)38-47(60(7,8)9)39-55(57)44-27-18-12-19-28-44/h10-41H,1-9H3. The summed E-state index contributed by atoms with van der Waals surface area (Å²) in [6.07, 6.45) is 0. The summed E-state index contributed by atoms with van der Waals surface area (Å²) in [5.74, 6) is 0. The van der Waals surface area contributed by atoms with Crippen LogP contribution in [0.5, 0.6) is 0 Å². The molecule has 0 atom stereocenters. The Bertz CT molecular complexity index is 2770. The molecule has 8 aromatic rings. The molecule has 0 unspecified atom stereocenters. The summed E-state index contributed by atoms with van der Waals surface area (Å²) in [7, 11) is 0. The van der Waals surface area contributed by atoms with Gasteiger partial charge in [0.15, 0.2) is 0 Å². The van der Waals surface area contributed by atoms with Crippen molar-refractivity contribution in [3.63, 3.8) is 0 Å². The maximum Gasteiger partial charge on any atom is 0.0618 e. The van der Waals surface area contributed by atoms with Gasteiger partial charge in [-0.15, -0.1) is 0 Å². The Morgan fingerprint density at radius 3 is 1.21 bits per heavy atom. The first kappa shape index (κ1) is 43.3. The molecule has 0 saturated heterocycles. The van der Waals surface area contributed by atoms with Crippen molar-refractivity contribution in [2.24, 2.45) is 0 Å². The Morgan fingerprint density at radius 1 is 0.317 bits per heavy atom. The lowest BCUT2D eigenvalue weighted by Crippen LogP contribution is -2.19. The highest BCUT2D eigenvalue weighted by molar-refractivity contribution is 6.30. The highest BCUT2D eigenvalue weighted by Crippen LogP contribution is 2.51. The fourth-order valence-electron chi connectivity index (χ4n) is 8.34. The van der Waals surface area contributed by atoms with E-state index in [0.717, 1.165) is 56.4 Å². The lowest BCUT2D eigenvalue weighted by molar-refractivity contribution is 0.590.